The molecular weight excluding hydrogens is 437 g/mol. The first-order chi connectivity index (χ1) is 15.4. The van der Waals surface area contributed by atoms with E-state index in [0.29, 0.717) is 17.1 Å². The molecule has 1 heterocycles. The fraction of sp³-hybridized carbons (Fsp3) is 0.348. The van der Waals surface area contributed by atoms with Crippen molar-refractivity contribution in [2.45, 2.75) is 54.2 Å². The number of thioether (sulfide) groups is 1. The van der Waals surface area contributed by atoms with E-state index in [1.165, 1.54) is 23.9 Å². The van der Waals surface area contributed by atoms with Gasteiger partial charge in [-0.25, -0.2) is 0 Å². The van der Waals surface area contributed by atoms with Gasteiger partial charge >= 0.3 is 6.18 Å². The number of anilines is 1. The molecule has 0 radical (unpaired) electrons. The minimum atomic E-state index is -4.48. The lowest BCUT2D eigenvalue weighted by atomic mass is 10.1. The van der Waals surface area contributed by atoms with Crippen molar-refractivity contribution >= 4 is 23.4 Å². The number of aromatic nitrogens is 3. The van der Waals surface area contributed by atoms with Crippen molar-refractivity contribution in [2.75, 3.05) is 5.32 Å². The van der Waals surface area contributed by atoms with Gasteiger partial charge in [-0.15, -0.1) is 10.2 Å². The zero-order valence-electron chi connectivity index (χ0n) is 17.0. The van der Waals surface area contributed by atoms with Gasteiger partial charge in [0.15, 0.2) is 5.16 Å². The molecule has 1 amide bonds. The van der Waals surface area contributed by atoms with E-state index in [1.807, 2.05) is 30.3 Å². The quantitative estimate of drug-likeness (QED) is 0.443. The first-order valence-corrected chi connectivity index (χ1v) is 11.4. The van der Waals surface area contributed by atoms with Gasteiger partial charge in [-0.3, -0.25) is 4.79 Å². The Balaban J connectivity index is 1.43. The second-order valence-corrected chi connectivity index (χ2v) is 9.26. The van der Waals surface area contributed by atoms with Crippen LogP contribution in [0.4, 0.5) is 18.9 Å². The van der Waals surface area contributed by atoms with Crippen LogP contribution in [0.5, 0.6) is 0 Å². The van der Waals surface area contributed by atoms with Gasteiger partial charge in [-0.2, -0.15) is 13.2 Å². The summed E-state index contributed by atoms with van der Waals surface area (Å²) < 4.78 is 41.4. The molecule has 2 aromatic carbocycles. The van der Waals surface area contributed by atoms with E-state index in [0.717, 1.165) is 49.2 Å². The number of halogens is 3. The van der Waals surface area contributed by atoms with Crippen LogP contribution in [0.25, 0.3) is 0 Å². The van der Waals surface area contributed by atoms with Crippen molar-refractivity contribution in [1.29, 1.82) is 0 Å². The maximum absolute atomic E-state index is 13.3. The second kappa shape index (κ2) is 8.27. The molecule has 2 fully saturated rings. The number of rotatable bonds is 7. The van der Waals surface area contributed by atoms with Crippen LogP contribution in [0, 0.1) is 0 Å². The average molecular weight is 459 g/mol. The van der Waals surface area contributed by atoms with Crippen molar-refractivity contribution < 1.29 is 18.0 Å². The molecule has 166 valence electrons. The van der Waals surface area contributed by atoms with Crippen LogP contribution in [0.2, 0.25) is 0 Å². The predicted molar refractivity (Wildman–Crippen MR) is 115 cm³/mol. The molecule has 9 heteroatoms. The highest BCUT2D eigenvalue weighted by atomic mass is 32.2. The molecule has 0 aliphatic heterocycles. The third-order valence-corrected chi connectivity index (χ3v) is 6.78. The van der Waals surface area contributed by atoms with Gasteiger partial charge in [0.1, 0.15) is 11.1 Å². The zero-order chi connectivity index (χ0) is 22.3. The largest absolute Gasteiger partial charge is 0.416 e. The van der Waals surface area contributed by atoms with Crippen molar-refractivity contribution in [3.05, 3.63) is 71.5 Å². The smallest absolute Gasteiger partial charge is 0.325 e. The Labute approximate surface area is 187 Å². The summed E-state index contributed by atoms with van der Waals surface area (Å²) >= 11 is 1.29. The van der Waals surface area contributed by atoms with Gasteiger partial charge < -0.3 is 9.88 Å². The molecule has 0 bridgehead atoms. The molecule has 3 aromatic rings. The second-order valence-electron chi connectivity index (χ2n) is 8.19. The summed E-state index contributed by atoms with van der Waals surface area (Å²) in [6, 6.07) is 14.2. The van der Waals surface area contributed by atoms with Crippen molar-refractivity contribution in [3.8, 4) is 0 Å². The Morgan fingerprint density at radius 1 is 1.03 bits per heavy atom. The van der Waals surface area contributed by atoms with Gasteiger partial charge in [0.2, 0.25) is 5.91 Å². The summed E-state index contributed by atoms with van der Waals surface area (Å²) in [6.45, 7) is 0. The van der Waals surface area contributed by atoms with Crippen LogP contribution < -0.4 is 5.32 Å². The lowest BCUT2D eigenvalue weighted by Crippen LogP contribution is -2.20. The number of nitrogens with zero attached hydrogens (tertiary/aromatic N) is 3. The highest BCUT2D eigenvalue weighted by molar-refractivity contribution is 8.00. The number of amides is 1. The fourth-order valence-electron chi connectivity index (χ4n) is 3.65. The normalized spacial score (nSPS) is 17.2. The molecular formula is C23H21F3N4OS. The molecule has 1 N–H and O–H groups in total. The van der Waals surface area contributed by atoms with Crippen molar-refractivity contribution in [3.63, 3.8) is 0 Å². The fourth-order valence-corrected chi connectivity index (χ4v) is 4.77. The Morgan fingerprint density at radius 3 is 2.44 bits per heavy atom. The summed E-state index contributed by atoms with van der Waals surface area (Å²) in [5, 5.41) is 11.5. The lowest BCUT2D eigenvalue weighted by molar-refractivity contribution is -0.137. The van der Waals surface area contributed by atoms with E-state index in [-0.39, 0.29) is 5.69 Å². The van der Waals surface area contributed by atoms with Gasteiger partial charge in [0.25, 0.3) is 0 Å². The molecule has 32 heavy (non-hydrogen) atoms. The average Bonchev–Trinajstić information content (AvgIpc) is 3.71. The highest BCUT2D eigenvalue weighted by Gasteiger charge is 2.38. The first kappa shape index (κ1) is 21.1. The summed E-state index contributed by atoms with van der Waals surface area (Å²) in [5.41, 5.74) is 0.0516. The van der Waals surface area contributed by atoms with Crippen LogP contribution in [0.15, 0.2) is 59.8 Å². The minimum absolute atomic E-state index is 0.105. The highest BCUT2D eigenvalue weighted by Crippen LogP contribution is 2.47. The van der Waals surface area contributed by atoms with Crippen LogP contribution in [0.3, 0.4) is 0 Å². The maximum Gasteiger partial charge on any atom is 0.416 e. The van der Waals surface area contributed by atoms with E-state index in [9.17, 15) is 18.0 Å². The minimum Gasteiger partial charge on any atom is -0.325 e. The van der Waals surface area contributed by atoms with E-state index >= 15 is 0 Å². The van der Waals surface area contributed by atoms with Crippen molar-refractivity contribution in [2.24, 2.45) is 0 Å². The van der Waals surface area contributed by atoms with Gasteiger partial charge in [-0.1, -0.05) is 48.2 Å². The van der Waals surface area contributed by atoms with E-state index < -0.39 is 22.9 Å². The molecule has 1 atom stereocenters. The van der Waals surface area contributed by atoms with Crippen LogP contribution in [-0.4, -0.2) is 20.7 Å². The summed E-state index contributed by atoms with van der Waals surface area (Å²) in [7, 11) is 0. The van der Waals surface area contributed by atoms with Crippen LogP contribution in [-0.2, 0) is 11.0 Å². The molecule has 0 unspecified atom stereocenters. The Bertz CT molecular complexity index is 1120. The van der Waals surface area contributed by atoms with Crippen LogP contribution >= 0.6 is 11.8 Å². The van der Waals surface area contributed by atoms with Crippen molar-refractivity contribution in [1.82, 2.24) is 14.8 Å². The summed E-state index contributed by atoms with van der Waals surface area (Å²) in [6.07, 6.45) is -0.134. The SMILES string of the molecule is O=C(Nc1cccc(C(F)(F)F)c1)[C@@H](Sc1nnc(C2CC2)n1C1CC1)c1ccccc1. The number of benzene rings is 2. The van der Waals surface area contributed by atoms with E-state index in [2.05, 4.69) is 20.1 Å². The molecule has 2 aliphatic rings. The molecule has 5 nitrogen and oxygen atoms in total. The molecule has 5 rings (SSSR count). The molecule has 0 spiro atoms. The third kappa shape index (κ3) is 4.53. The van der Waals surface area contributed by atoms with Gasteiger partial charge in [0.05, 0.1) is 5.56 Å². The number of carbonyl (C=O) groups is 1. The molecule has 1 aromatic heterocycles. The Kier molecular flexibility index (Phi) is 5.44. The maximum atomic E-state index is 13.3. The van der Waals surface area contributed by atoms with E-state index in [4.69, 9.17) is 0 Å². The number of carbonyl (C=O) groups excluding carboxylic acids is 1. The number of nitrogens with one attached hydrogen (secondary N) is 1. The standard InChI is InChI=1S/C23H21F3N4OS/c24-23(25,26)16-7-4-8-17(13-16)27-21(31)19(14-5-2-1-3-6-14)32-22-29-28-20(15-9-10-15)30(22)18-11-12-18/h1-8,13,15,18-19H,9-12H2,(H,27,31)/t19-/m0/s1. The third-order valence-electron chi connectivity index (χ3n) is 5.57. The Morgan fingerprint density at radius 2 is 1.78 bits per heavy atom. The number of alkyl halides is 3. The first-order valence-electron chi connectivity index (χ1n) is 10.5. The number of hydrogen-bond donors (Lipinski definition) is 1. The van der Waals surface area contributed by atoms with Crippen LogP contribution in [0.1, 0.15) is 59.8 Å². The number of hydrogen-bond acceptors (Lipinski definition) is 4. The van der Waals surface area contributed by atoms with E-state index in [1.54, 1.807) is 0 Å². The van der Waals surface area contributed by atoms with Gasteiger partial charge in [0, 0.05) is 17.6 Å². The lowest BCUT2D eigenvalue weighted by Gasteiger charge is -2.18. The topological polar surface area (TPSA) is 59.8 Å². The molecule has 2 saturated carbocycles. The molecule has 2 aliphatic carbocycles. The monoisotopic (exact) mass is 458 g/mol. The Hall–Kier alpha value is -2.81. The summed E-state index contributed by atoms with van der Waals surface area (Å²) in [5.74, 6) is 1.02. The predicted octanol–water partition coefficient (Wildman–Crippen LogP) is 5.98. The molecule has 0 saturated heterocycles. The van der Waals surface area contributed by atoms with Gasteiger partial charge in [-0.05, 0) is 49.4 Å². The zero-order valence-corrected chi connectivity index (χ0v) is 17.9. The summed E-state index contributed by atoms with van der Waals surface area (Å²) in [4.78, 5) is 13.3.